The molecule has 0 radical (unpaired) electrons. The van der Waals surface area contributed by atoms with Gasteiger partial charge in [0.1, 0.15) is 5.75 Å². The molecule has 0 saturated heterocycles. The molecular weight excluding hydrogens is 336 g/mol. The number of nitrogens with zero attached hydrogens (tertiary/aromatic N) is 1. The molecule has 0 saturated carbocycles. The van der Waals surface area contributed by atoms with Gasteiger partial charge >= 0.3 is 4.87 Å². The van der Waals surface area contributed by atoms with E-state index >= 15 is 0 Å². The normalized spacial score (nSPS) is 10.8. The molecule has 0 atom stereocenters. The lowest BCUT2D eigenvalue weighted by Crippen LogP contribution is -2.20. The van der Waals surface area contributed by atoms with Crippen LogP contribution in [-0.2, 0) is 11.3 Å². The first-order valence-corrected chi connectivity index (χ1v) is 8.93. The van der Waals surface area contributed by atoms with Crippen LogP contribution in [-0.4, -0.2) is 17.1 Å². The van der Waals surface area contributed by atoms with Crippen LogP contribution >= 0.6 is 11.3 Å². The Morgan fingerprint density at radius 1 is 1.20 bits per heavy atom. The molecule has 1 heterocycles. The highest BCUT2D eigenvalue weighted by Crippen LogP contribution is 2.22. The summed E-state index contributed by atoms with van der Waals surface area (Å²) in [6.07, 6.45) is 0. The number of nitrogens with one attached hydrogen (secondary N) is 1. The SMILES string of the molecule is CCn1c(=O)sc2cc(NC(=O)COc3cc(C)ccc3C)ccc21. The van der Waals surface area contributed by atoms with Gasteiger partial charge in [-0.15, -0.1) is 0 Å². The van der Waals surface area contributed by atoms with Crippen molar-refractivity contribution in [2.24, 2.45) is 0 Å². The molecule has 0 aliphatic carbocycles. The molecule has 2 aromatic carbocycles. The van der Waals surface area contributed by atoms with Crippen molar-refractivity contribution in [3.8, 4) is 5.75 Å². The van der Waals surface area contributed by atoms with Gasteiger partial charge in [0, 0.05) is 12.2 Å². The molecule has 0 spiro atoms. The first kappa shape index (κ1) is 17.2. The van der Waals surface area contributed by atoms with E-state index in [4.69, 9.17) is 4.74 Å². The van der Waals surface area contributed by atoms with Gasteiger partial charge in [-0.3, -0.25) is 14.2 Å². The summed E-state index contributed by atoms with van der Waals surface area (Å²) >= 11 is 1.18. The van der Waals surface area contributed by atoms with Crippen LogP contribution in [0.3, 0.4) is 0 Å². The average molecular weight is 356 g/mol. The quantitative estimate of drug-likeness (QED) is 0.758. The van der Waals surface area contributed by atoms with Crippen LogP contribution < -0.4 is 14.9 Å². The van der Waals surface area contributed by atoms with Crippen molar-refractivity contribution in [1.29, 1.82) is 0 Å². The van der Waals surface area contributed by atoms with Crippen LogP contribution in [0.15, 0.2) is 41.2 Å². The summed E-state index contributed by atoms with van der Waals surface area (Å²) in [4.78, 5) is 24.1. The Morgan fingerprint density at radius 3 is 2.76 bits per heavy atom. The summed E-state index contributed by atoms with van der Waals surface area (Å²) in [5.41, 5.74) is 3.63. The lowest BCUT2D eigenvalue weighted by molar-refractivity contribution is -0.118. The van der Waals surface area contributed by atoms with Crippen LogP contribution in [0.4, 0.5) is 5.69 Å². The van der Waals surface area contributed by atoms with Gasteiger partial charge in [0.15, 0.2) is 6.61 Å². The topological polar surface area (TPSA) is 60.3 Å². The predicted molar refractivity (Wildman–Crippen MR) is 102 cm³/mol. The van der Waals surface area contributed by atoms with E-state index in [2.05, 4.69) is 5.32 Å². The maximum absolute atomic E-state index is 12.1. The van der Waals surface area contributed by atoms with Crippen LogP contribution in [0.1, 0.15) is 18.1 Å². The lowest BCUT2D eigenvalue weighted by atomic mass is 10.1. The Morgan fingerprint density at radius 2 is 2.00 bits per heavy atom. The number of hydrogen-bond acceptors (Lipinski definition) is 4. The molecular formula is C19H20N2O3S. The van der Waals surface area contributed by atoms with E-state index in [-0.39, 0.29) is 17.4 Å². The van der Waals surface area contributed by atoms with Crippen LogP contribution in [0, 0.1) is 13.8 Å². The fourth-order valence-electron chi connectivity index (χ4n) is 2.65. The van der Waals surface area contributed by atoms with Gasteiger partial charge in [-0.2, -0.15) is 0 Å². The number of carbonyl (C=O) groups is 1. The van der Waals surface area contributed by atoms with Crippen LogP contribution in [0.2, 0.25) is 0 Å². The standard InChI is InChI=1S/C19H20N2O3S/c1-4-21-15-8-7-14(10-17(15)25-19(21)23)20-18(22)11-24-16-9-12(2)5-6-13(16)3/h5-10H,4,11H2,1-3H3,(H,20,22). The largest absolute Gasteiger partial charge is 0.483 e. The fourth-order valence-corrected chi connectivity index (χ4v) is 3.64. The Balaban J connectivity index is 1.69. The van der Waals surface area contributed by atoms with Crippen LogP contribution in [0.25, 0.3) is 10.2 Å². The van der Waals surface area contributed by atoms with Crippen molar-refractivity contribution < 1.29 is 9.53 Å². The number of hydrogen-bond donors (Lipinski definition) is 1. The number of thiazole rings is 1. The molecule has 3 aromatic rings. The summed E-state index contributed by atoms with van der Waals surface area (Å²) < 4.78 is 8.19. The van der Waals surface area contributed by atoms with Gasteiger partial charge in [0.25, 0.3) is 5.91 Å². The maximum atomic E-state index is 12.1. The van der Waals surface area contributed by atoms with Gasteiger partial charge in [0.2, 0.25) is 0 Å². The zero-order valence-corrected chi connectivity index (χ0v) is 15.3. The number of anilines is 1. The number of amides is 1. The number of rotatable bonds is 5. The van der Waals surface area contributed by atoms with E-state index in [1.807, 2.05) is 51.1 Å². The van der Waals surface area contributed by atoms with Gasteiger partial charge < -0.3 is 10.1 Å². The molecule has 0 bridgehead atoms. The summed E-state index contributed by atoms with van der Waals surface area (Å²) in [6.45, 7) is 6.44. The molecule has 0 fully saturated rings. The van der Waals surface area contributed by atoms with Crippen molar-refractivity contribution in [2.45, 2.75) is 27.3 Å². The van der Waals surface area contributed by atoms with Crippen LogP contribution in [0.5, 0.6) is 5.75 Å². The summed E-state index contributed by atoms with van der Waals surface area (Å²) in [6, 6.07) is 11.4. The highest BCUT2D eigenvalue weighted by molar-refractivity contribution is 7.16. The van der Waals surface area contributed by atoms with Gasteiger partial charge in [0.05, 0.1) is 10.2 Å². The molecule has 1 N–H and O–H groups in total. The van der Waals surface area contributed by atoms with Gasteiger partial charge in [-0.05, 0) is 56.2 Å². The van der Waals surface area contributed by atoms with Crippen molar-refractivity contribution in [2.75, 3.05) is 11.9 Å². The van der Waals surface area contributed by atoms with E-state index in [1.54, 1.807) is 10.6 Å². The second-order valence-corrected chi connectivity index (χ2v) is 6.89. The highest BCUT2D eigenvalue weighted by Gasteiger charge is 2.09. The summed E-state index contributed by atoms with van der Waals surface area (Å²) in [7, 11) is 0. The minimum absolute atomic E-state index is 0.0132. The number of benzene rings is 2. The number of ether oxygens (including phenoxy) is 1. The van der Waals surface area contributed by atoms with Crippen molar-refractivity contribution >= 4 is 33.1 Å². The molecule has 0 aliphatic rings. The molecule has 130 valence electrons. The molecule has 5 nitrogen and oxygen atoms in total. The molecule has 6 heteroatoms. The van der Waals surface area contributed by atoms with Crippen molar-refractivity contribution in [3.05, 3.63) is 57.2 Å². The molecule has 0 aliphatic heterocycles. The van der Waals surface area contributed by atoms with E-state index < -0.39 is 0 Å². The number of fused-ring (bicyclic) bond motifs is 1. The molecule has 1 amide bonds. The predicted octanol–water partition coefficient (Wildman–Crippen LogP) is 3.72. The average Bonchev–Trinajstić information content (AvgIpc) is 2.89. The Labute approximate surface area is 149 Å². The summed E-state index contributed by atoms with van der Waals surface area (Å²) in [5.74, 6) is 0.478. The Kier molecular flexibility index (Phi) is 4.90. The first-order valence-electron chi connectivity index (χ1n) is 8.11. The highest BCUT2D eigenvalue weighted by atomic mass is 32.1. The second kappa shape index (κ2) is 7.11. The third-order valence-corrected chi connectivity index (χ3v) is 4.91. The smallest absolute Gasteiger partial charge is 0.308 e. The fraction of sp³-hybridized carbons (Fsp3) is 0.263. The zero-order valence-electron chi connectivity index (χ0n) is 14.5. The first-order chi connectivity index (χ1) is 12.0. The second-order valence-electron chi connectivity index (χ2n) is 5.90. The lowest BCUT2D eigenvalue weighted by Gasteiger charge is -2.10. The Bertz CT molecular complexity index is 988. The van der Waals surface area contributed by atoms with Crippen molar-refractivity contribution in [1.82, 2.24) is 4.57 Å². The Hall–Kier alpha value is -2.60. The van der Waals surface area contributed by atoms with E-state index in [1.165, 1.54) is 11.3 Å². The molecule has 0 unspecified atom stereocenters. The monoisotopic (exact) mass is 356 g/mol. The molecule has 3 rings (SSSR count). The van der Waals surface area contributed by atoms with E-state index in [9.17, 15) is 9.59 Å². The zero-order chi connectivity index (χ0) is 18.0. The number of aromatic nitrogens is 1. The van der Waals surface area contributed by atoms with Crippen molar-refractivity contribution in [3.63, 3.8) is 0 Å². The minimum Gasteiger partial charge on any atom is -0.483 e. The van der Waals surface area contributed by atoms with E-state index in [0.717, 1.165) is 21.3 Å². The van der Waals surface area contributed by atoms with Gasteiger partial charge in [-0.25, -0.2) is 0 Å². The minimum atomic E-state index is -0.234. The van der Waals surface area contributed by atoms with E-state index in [0.29, 0.717) is 18.0 Å². The number of carbonyl (C=O) groups excluding carboxylic acids is 1. The maximum Gasteiger partial charge on any atom is 0.308 e. The summed E-state index contributed by atoms with van der Waals surface area (Å²) in [5, 5.41) is 2.82. The van der Waals surface area contributed by atoms with Gasteiger partial charge in [-0.1, -0.05) is 23.5 Å². The molecule has 25 heavy (non-hydrogen) atoms. The number of aryl methyl sites for hydroxylation is 3. The third-order valence-electron chi connectivity index (χ3n) is 3.97. The third kappa shape index (κ3) is 3.74. The molecule has 1 aromatic heterocycles.